The monoisotopic (exact) mass is 239 g/mol. The van der Waals surface area contributed by atoms with E-state index in [2.05, 4.69) is 23.8 Å². The van der Waals surface area contributed by atoms with Crippen LogP contribution in [0.2, 0.25) is 0 Å². The highest BCUT2D eigenvalue weighted by atomic mass is 15.2. The van der Waals surface area contributed by atoms with Crippen molar-refractivity contribution in [2.45, 2.75) is 44.6 Å². The van der Waals surface area contributed by atoms with Crippen molar-refractivity contribution in [1.29, 1.82) is 0 Å². The average molecular weight is 239 g/mol. The molecule has 0 aromatic heterocycles. The second-order valence-electron chi connectivity index (χ2n) is 6.32. The van der Waals surface area contributed by atoms with Gasteiger partial charge in [0, 0.05) is 25.2 Å². The Labute approximate surface area is 106 Å². The summed E-state index contributed by atoms with van der Waals surface area (Å²) in [6, 6.07) is 0. The van der Waals surface area contributed by atoms with Crippen LogP contribution in [0.3, 0.4) is 0 Å². The van der Waals surface area contributed by atoms with Crippen molar-refractivity contribution in [2.24, 2.45) is 11.7 Å². The van der Waals surface area contributed by atoms with Crippen molar-refractivity contribution in [3.05, 3.63) is 0 Å². The lowest BCUT2D eigenvalue weighted by atomic mass is 9.93. The number of nitrogens with two attached hydrogens (primary N) is 1. The van der Waals surface area contributed by atoms with Gasteiger partial charge in [0.15, 0.2) is 0 Å². The van der Waals surface area contributed by atoms with Gasteiger partial charge in [0.25, 0.3) is 0 Å². The summed E-state index contributed by atoms with van der Waals surface area (Å²) < 4.78 is 0. The first kappa shape index (κ1) is 13.3. The molecule has 1 saturated heterocycles. The van der Waals surface area contributed by atoms with Gasteiger partial charge >= 0.3 is 0 Å². The summed E-state index contributed by atoms with van der Waals surface area (Å²) in [5.41, 5.74) is 6.24. The van der Waals surface area contributed by atoms with Crippen molar-refractivity contribution in [2.75, 3.05) is 39.8 Å². The van der Waals surface area contributed by atoms with Gasteiger partial charge in [-0.2, -0.15) is 0 Å². The molecule has 1 saturated carbocycles. The zero-order chi connectivity index (χ0) is 12.3. The zero-order valence-corrected chi connectivity index (χ0v) is 11.6. The van der Waals surface area contributed by atoms with E-state index in [1.54, 1.807) is 0 Å². The van der Waals surface area contributed by atoms with Gasteiger partial charge in [-0.3, -0.25) is 4.90 Å². The van der Waals surface area contributed by atoms with Gasteiger partial charge in [-0.05, 0) is 52.2 Å². The second-order valence-corrected chi connectivity index (χ2v) is 6.32. The minimum atomic E-state index is 0.223. The molecule has 1 unspecified atom stereocenters. The first-order chi connectivity index (χ1) is 8.14. The maximum Gasteiger partial charge on any atom is 0.0303 e. The molecule has 0 aromatic rings. The zero-order valence-electron chi connectivity index (χ0n) is 11.6. The van der Waals surface area contributed by atoms with Crippen LogP contribution < -0.4 is 5.73 Å². The van der Waals surface area contributed by atoms with Crippen LogP contribution in [0.25, 0.3) is 0 Å². The highest BCUT2D eigenvalue weighted by molar-refractivity contribution is 4.92. The quantitative estimate of drug-likeness (QED) is 0.731. The van der Waals surface area contributed by atoms with Crippen LogP contribution in [0.4, 0.5) is 0 Å². The molecule has 1 aliphatic carbocycles. The summed E-state index contributed by atoms with van der Waals surface area (Å²) in [4.78, 5) is 5.09. The number of hydrogen-bond donors (Lipinski definition) is 1. The molecule has 2 rings (SSSR count). The van der Waals surface area contributed by atoms with Crippen LogP contribution in [0.15, 0.2) is 0 Å². The molecule has 3 nitrogen and oxygen atoms in total. The average Bonchev–Trinajstić information content (AvgIpc) is 2.97. The molecule has 0 amide bonds. The Balaban J connectivity index is 1.76. The predicted molar refractivity (Wildman–Crippen MR) is 73.1 cm³/mol. The van der Waals surface area contributed by atoms with Crippen LogP contribution in [0, 0.1) is 5.92 Å². The fourth-order valence-electron chi connectivity index (χ4n) is 2.91. The molecule has 17 heavy (non-hydrogen) atoms. The lowest BCUT2D eigenvalue weighted by Gasteiger charge is -2.39. The fourth-order valence-corrected chi connectivity index (χ4v) is 2.91. The van der Waals surface area contributed by atoms with Crippen LogP contribution in [-0.2, 0) is 0 Å². The van der Waals surface area contributed by atoms with Crippen molar-refractivity contribution < 1.29 is 0 Å². The summed E-state index contributed by atoms with van der Waals surface area (Å²) in [5, 5.41) is 0. The Hall–Kier alpha value is -0.120. The smallest absolute Gasteiger partial charge is 0.0303 e. The summed E-state index contributed by atoms with van der Waals surface area (Å²) in [6.45, 7) is 8.12. The molecule has 0 spiro atoms. The van der Waals surface area contributed by atoms with E-state index in [0.717, 1.165) is 12.5 Å². The van der Waals surface area contributed by atoms with Crippen molar-refractivity contribution in [1.82, 2.24) is 9.80 Å². The van der Waals surface area contributed by atoms with Gasteiger partial charge in [0.2, 0.25) is 0 Å². The lowest BCUT2D eigenvalue weighted by molar-refractivity contribution is 0.114. The van der Waals surface area contributed by atoms with E-state index in [4.69, 9.17) is 5.73 Å². The summed E-state index contributed by atoms with van der Waals surface area (Å²) in [6.07, 6.45) is 6.92. The molecule has 1 atom stereocenters. The second kappa shape index (κ2) is 5.68. The first-order valence-corrected chi connectivity index (χ1v) is 7.28. The van der Waals surface area contributed by atoms with Crippen LogP contribution in [0.5, 0.6) is 0 Å². The van der Waals surface area contributed by atoms with Crippen LogP contribution >= 0.6 is 0 Å². The Kier molecular flexibility index (Phi) is 4.45. The molecule has 2 N–H and O–H groups in total. The fraction of sp³-hybridized carbons (Fsp3) is 1.00. The molecule has 2 aliphatic rings. The third-order valence-electron chi connectivity index (χ3n) is 4.74. The SMILES string of the molecule is CN(CCN1CCCC1)C(C)(CN)CC1CC1. The minimum Gasteiger partial charge on any atom is -0.329 e. The normalized spacial score (nSPS) is 25.4. The number of likely N-dealkylation sites (tertiary alicyclic amines) is 1. The largest absolute Gasteiger partial charge is 0.329 e. The van der Waals surface area contributed by atoms with Crippen molar-refractivity contribution in [3.8, 4) is 0 Å². The van der Waals surface area contributed by atoms with E-state index in [1.807, 2.05) is 0 Å². The maximum absolute atomic E-state index is 6.01. The Bertz CT molecular complexity index is 234. The summed E-state index contributed by atoms with van der Waals surface area (Å²) in [7, 11) is 2.26. The van der Waals surface area contributed by atoms with Crippen molar-refractivity contribution in [3.63, 3.8) is 0 Å². The number of nitrogens with zero attached hydrogens (tertiary/aromatic N) is 2. The standard InChI is InChI=1S/C14H29N3/c1-14(12-15,11-13-5-6-13)16(2)9-10-17-7-3-4-8-17/h13H,3-12,15H2,1-2H3. The van der Waals surface area contributed by atoms with E-state index in [1.165, 1.54) is 58.3 Å². The molecule has 0 bridgehead atoms. The Morgan fingerprint density at radius 3 is 2.47 bits per heavy atom. The van der Waals surface area contributed by atoms with E-state index in [0.29, 0.717) is 0 Å². The molecular formula is C14H29N3. The summed E-state index contributed by atoms with van der Waals surface area (Å²) in [5.74, 6) is 0.956. The lowest BCUT2D eigenvalue weighted by Crippen LogP contribution is -2.52. The highest BCUT2D eigenvalue weighted by Gasteiger charge is 2.35. The first-order valence-electron chi connectivity index (χ1n) is 7.28. The third-order valence-corrected chi connectivity index (χ3v) is 4.74. The highest BCUT2D eigenvalue weighted by Crippen LogP contribution is 2.38. The van der Waals surface area contributed by atoms with Gasteiger partial charge in [-0.25, -0.2) is 0 Å². The molecule has 1 aliphatic heterocycles. The van der Waals surface area contributed by atoms with E-state index >= 15 is 0 Å². The molecule has 0 aromatic carbocycles. The predicted octanol–water partition coefficient (Wildman–Crippen LogP) is 1.53. The van der Waals surface area contributed by atoms with E-state index < -0.39 is 0 Å². The van der Waals surface area contributed by atoms with E-state index in [-0.39, 0.29) is 5.54 Å². The maximum atomic E-state index is 6.01. The topological polar surface area (TPSA) is 32.5 Å². The van der Waals surface area contributed by atoms with Gasteiger partial charge in [-0.1, -0.05) is 12.8 Å². The van der Waals surface area contributed by atoms with Gasteiger partial charge in [0.1, 0.15) is 0 Å². The Morgan fingerprint density at radius 2 is 1.94 bits per heavy atom. The summed E-state index contributed by atoms with van der Waals surface area (Å²) >= 11 is 0. The number of hydrogen-bond acceptors (Lipinski definition) is 3. The molecule has 3 heteroatoms. The molecule has 1 heterocycles. The number of likely N-dealkylation sites (N-methyl/N-ethyl adjacent to an activating group) is 1. The van der Waals surface area contributed by atoms with Gasteiger partial charge in [-0.15, -0.1) is 0 Å². The molecule has 0 radical (unpaired) electrons. The minimum absolute atomic E-state index is 0.223. The van der Waals surface area contributed by atoms with E-state index in [9.17, 15) is 0 Å². The van der Waals surface area contributed by atoms with Crippen molar-refractivity contribution >= 4 is 0 Å². The van der Waals surface area contributed by atoms with Crippen LogP contribution in [-0.4, -0.2) is 55.1 Å². The third kappa shape index (κ3) is 3.67. The molecule has 2 fully saturated rings. The Morgan fingerprint density at radius 1 is 1.29 bits per heavy atom. The van der Waals surface area contributed by atoms with Crippen LogP contribution in [0.1, 0.15) is 39.0 Å². The number of rotatable bonds is 7. The molecule has 100 valence electrons. The van der Waals surface area contributed by atoms with Gasteiger partial charge in [0.05, 0.1) is 0 Å². The molecular weight excluding hydrogens is 210 g/mol. The van der Waals surface area contributed by atoms with Gasteiger partial charge < -0.3 is 10.6 Å².